The molecule has 11 aromatic carbocycles. The van der Waals surface area contributed by atoms with Crippen molar-refractivity contribution in [3.05, 3.63) is 200 Å². The first-order valence-electron chi connectivity index (χ1n) is 19.1. The normalized spacial score (nSPS) is 12.0. The highest BCUT2D eigenvalue weighted by molar-refractivity contribution is 6.39. The summed E-state index contributed by atoms with van der Waals surface area (Å²) in [5.74, 6) is 0. The fourth-order valence-electron chi connectivity index (χ4n) is 9.67. The Hall–Kier alpha value is -7.22. The molecule has 0 fully saturated rings. The third-order valence-corrected chi connectivity index (χ3v) is 11.9. The van der Waals surface area contributed by atoms with Crippen molar-refractivity contribution in [2.24, 2.45) is 0 Å². The Labute approximate surface area is 317 Å². The molecule has 0 aliphatic carbocycles. The van der Waals surface area contributed by atoms with E-state index in [1.54, 1.807) is 0 Å². The van der Waals surface area contributed by atoms with Crippen LogP contribution < -0.4 is 0 Å². The third-order valence-electron chi connectivity index (χ3n) is 11.9. The lowest BCUT2D eigenvalue weighted by Crippen LogP contribution is -1.95. The number of rotatable bonds is 3. The zero-order chi connectivity index (χ0) is 36.0. The zero-order valence-corrected chi connectivity index (χ0v) is 30.0. The van der Waals surface area contributed by atoms with Gasteiger partial charge in [-0.05, 0) is 106 Å². The Bertz CT molecular complexity index is 3530. The van der Waals surface area contributed by atoms with Gasteiger partial charge in [-0.3, -0.25) is 0 Å². The van der Waals surface area contributed by atoms with Crippen molar-refractivity contribution in [1.29, 1.82) is 0 Å². The van der Waals surface area contributed by atoms with Crippen LogP contribution in [0.2, 0.25) is 0 Å². The molecule has 0 N–H and O–H groups in total. The molecule has 12 aromatic rings. The summed E-state index contributed by atoms with van der Waals surface area (Å²) in [7, 11) is 0. The number of nitrogens with zero attached hydrogens (tertiary/aromatic N) is 1. The maximum atomic E-state index is 2.44. The van der Waals surface area contributed by atoms with Crippen molar-refractivity contribution in [1.82, 2.24) is 4.57 Å². The molecule has 0 radical (unpaired) electrons. The first-order chi connectivity index (χ1) is 27.3. The van der Waals surface area contributed by atoms with Crippen molar-refractivity contribution in [2.45, 2.75) is 0 Å². The second kappa shape index (κ2) is 11.6. The maximum Gasteiger partial charge on any atom is 0.0619 e. The molecule has 1 heteroatoms. The Morgan fingerprint density at radius 3 is 1.36 bits per heavy atom. The van der Waals surface area contributed by atoms with E-state index in [4.69, 9.17) is 0 Å². The van der Waals surface area contributed by atoms with E-state index in [0.717, 1.165) is 0 Å². The van der Waals surface area contributed by atoms with Gasteiger partial charge < -0.3 is 4.57 Å². The number of para-hydroxylation sites is 3. The molecular formula is C54H33N. The summed E-state index contributed by atoms with van der Waals surface area (Å²) in [6, 6.07) is 73.9. The van der Waals surface area contributed by atoms with Gasteiger partial charge in [0.25, 0.3) is 0 Å². The average molecular weight is 696 g/mol. The number of aromatic nitrogens is 1. The van der Waals surface area contributed by atoms with Crippen molar-refractivity contribution in [2.75, 3.05) is 0 Å². The number of fused-ring (bicyclic) bond motifs is 15. The van der Waals surface area contributed by atoms with Crippen LogP contribution in [0.15, 0.2) is 200 Å². The van der Waals surface area contributed by atoms with E-state index < -0.39 is 0 Å². The van der Waals surface area contributed by atoms with Crippen LogP contribution in [0.4, 0.5) is 0 Å². The standard InChI is InChI=1S/C54H33N/c1-2-15-35(16-3-1)55-51-30-11-10-20-43(51)49-29-14-28-48(54(49)55)41-27-13-25-37-36(24-12-26-38(37)41)34-31-32-47-50(33-34)42-19-6-9-23-46(42)52-44-21-7-4-17-39(44)40-18-5-8-22-45(40)53(47)52/h1-33H. The fourth-order valence-corrected chi connectivity index (χ4v) is 9.67. The van der Waals surface area contributed by atoms with E-state index >= 15 is 0 Å². The Morgan fingerprint density at radius 2 is 0.709 bits per heavy atom. The van der Waals surface area contributed by atoms with Crippen molar-refractivity contribution in [3.63, 3.8) is 0 Å². The molecule has 0 unspecified atom stereocenters. The Balaban J connectivity index is 1.13. The highest BCUT2D eigenvalue weighted by Gasteiger charge is 2.19. The first-order valence-corrected chi connectivity index (χ1v) is 19.1. The van der Waals surface area contributed by atoms with Gasteiger partial charge in [0.2, 0.25) is 0 Å². The second-order valence-electron chi connectivity index (χ2n) is 14.7. The lowest BCUT2D eigenvalue weighted by molar-refractivity contribution is 1.18. The summed E-state index contributed by atoms with van der Waals surface area (Å²) in [5, 5.41) is 18.1. The van der Waals surface area contributed by atoms with Gasteiger partial charge in [0.1, 0.15) is 0 Å². The van der Waals surface area contributed by atoms with Gasteiger partial charge >= 0.3 is 0 Å². The quantitative estimate of drug-likeness (QED) is 0.162. The van der Waals surface area contributed by atoms with Gasteiger partial charge in [-0.15, -0.1) is 0 Å². The van der Waals surface area contributed by atoms with Crippen LogP contribution in [-0.2, 0) is 0 Å². The predicted molar refractivity (Wildman–Crippen MR) is 237 cm³/mol. The van der Waals surface area contributed by atoms with Crippen LogP contribution in [0.25, 0.3) is 114 Å². The third kappa shape index (κ3) is 4.30. The van der Waals surface area contributed by atoms with Gasteiger partial charge in [0.15, 0.2) is 0 Å². The van der Waals surface area contributed by atoms with E-state index in [-0.39, 0.29) is 0 Å². The van der Waals surface area contributed by atoms with E-state index in [1.807, 2.05) is 0 Å². The van der Waals surface area contributed by atoms with E-state index in [0.29, 0.717) is 0 Å². The molecule has 0 amide bonds. The largest absolute Gasteiger partial charge is 0.309 e. The number of hydrogen-bond donors (Lipinski definition) is 0. The van der Waals surface area contributed by atoms with Gasteiger partial charge in [-0.25, -0.2) is 0 Å². The molecule has 0 spiro atoms. The van der Waals surface area contributed by atoms with Crippen LogP contribution in [0.3, 0.4) is 0 Å². The lowest BCUT2D eigenvalue weighted by atomic mass is 9.86. The average Bonchev–Trinajstić information content (AvgIpc) is 3.61. The first kappa shape index (κ1) is 30.3. The molecule has 0 bridgehead atoms. The summed E-state index contributed by atoms with van der Waals surface area (Å²) >= 11 is 0. The van der Waals surface area contributed by atoms with Gasteiger partial charge in [0, 0.05) is 22.0 Å². The molecule has 1 heterocycles. The van der Waals surface area contributed by atoms with Gasteiger partial charge in [-0.1, -0.05) is 176 Å². The smallest absolute Gasteiger partial charge is 0.0619 e. The van der Waals surface area contributed by atoms with Crippen LogP contribution in [0, 0.1) is 0 Å². The van der Waals surface area contributed by atoms with Crippen molar-refractivity contribution < 1.29 is 0 Å². The van der Waals surface area contributed by atoms with Crippen LogP contribution >= 0.6 is 0 Å². The predicted octanol–water partition coefficient (Wildman–Crippen LogP) is 15.0. The molecule has 0 atom stereocenters. The van der Waals surface area contributed by atoms with Crippen molar-refractivity contribution in [3.8, 4) is 27.9 Å². The van der Waals surface area contributed by atoms with Crippen LogP contribution in [0.5, 0.6) is 0 Å². The molecule has 0 aliphatic heterocycles. The second-order valence-corrected chi connectivity index (χ2v) is 14.7. The number of benzene rings is 11. The highest BCUT2D eigenvalue weighted by atomic mass is 15.0. The van der Waals surface area contributed by atoms with Gasteiger partial charge in [-0.2, -0.15) is 0 Å². The summed E-state index contributed by atoms with van der Waals surface area (Å²) in [5.41, 5.74) is 8.55. The van der Waals surface area contributed by atoms with Gasteiger partial charge in [0.05, 0.1) is 11.0 Å². The molecule has 0 saturated heterocycles. The summed E-state index contributed by atoms with van der Waals surface area (Å²) in [6.45, 7) is 0. The summed E-state index contributed by atoms with van der Waals surface area (Å²) in [6.07, 6.45) is 0. The minimum absolute atomic E-state index is 1.17. The highest BCUT2D eigenvalue weighted by Crippen LogP contribution is 2.46. The molecule has 0 aliphatic rings. The molecule has 1 aromatic heterocycles. The molecule has 1 nitrogen and oxygen atoms in total. The van der Waals surface area contributed by atoms with E-state index in [9.17, 15) is 0 Å². The summed E-state index contributed by atoms with van der Waals surface area (Å²) < 4.78 is 2.44. The fraction of sp³-hybridized carbons (Fsp3) is 0. The maximum absolute atomic E-state index is 2.44. The SMILES string of the molecule is c1ccc(-n2c3ccccc3c3cccc(-c4cccc5c(-c6ccc7c(c6)c6ccccc6c6c8ccccc8c8ccccc8c76)cccc45)c32)cc1. The minimum atomic E-state index is 1.17. The molecule has 55 heavy (non-hydrogen) atoms. The Morgan fingerprint density at radius 1 is 0.255 bits per heavy atom. The number of hydrogen-bond acceptors (Lipinski definition) is 0. The molecular weight excluding hydrogens is 663 g/mol. The monoisotopic (exact) mass is 695 g/mol. The topological polar surface area (TPSA) is 4.93 Å². The van der Waals surface area contributed by atoms with Crippen molar-refractivity contribution >= 4 is 86.4 Å². The molecule has 12 rings (SSSR count). The Kier molecular flexibility index (Phi) is 6.40. The molecule has 254 valence electrons. The zero-order valence-electron chi connectivity index (χ0n) is 30.0. The van der Waals surface area contributed by atoms with E-state index in [1.165, 1.54) is 114 Å². The van der Waals surface area contributed by atoms with Crippen LogP contribution in [-0.4, -0.2) is 4.57 Å². The van der Waals surface area contributed by atoms with Crippen LogP contribution in [0.1, 0.15) is 0 Å². The minimum Gasteiger partial charge on any atom is -0.309 e. The lowest BCUT2D eigenvalue weighted by Gasteiger charge is -2.18. The summed E-state index contributed by atoms with van der Waals surface area (Å²) in [4.78, 5) is 0. The van der Waals surface area contributed by atoms with E-state index in [2.05, 4.69) is 205 Å². The molecule has 0 saturated carbocycles.